The van der Waals surface area contributed by atoms with Crippen molar-refractivity contribution in [1.82, 2.24) is 15.5 Å². The minimum Gasteiger partial charge on any atom is -0.361 e. The first-order chi connectivity index (χ1) is 11.1. The predicted octanol–water partition coefficient (Wildman–Crippen LogP) is 3.09. The summed E-state index contributed by atoms with van der Waals surface area (Å²) >= 11 is 5.32. The molecule has 0 saturated heterocycles. The van der Waals surface area contributed by atoms with Crippen LogP contribution in [0.5, 0.6) is 0 Å². The zero-order valence-electron chi connectivity index (χ0n) is 13.4. The molecule has 0 fully saturated rings. The fourth-order valence-corrected chi connectivity index (χ4v) is 2.47. The summed E-state index contributed by atoms with van der Waals surface area (Å²) in [7, 11) is 4.10. The molecule has 0 heterocycles. The molecule has 122 valence electrons. The maximum Gasteiger partial charge on any atom is 0.166 e. The largest absolute Gasteiger partial charge is 0.361 e. The van der Waals surface area contributed by atoms with Gasteiger partial charge in [0.05, 0.1) is 6.04 Å². The van der Waals surface area contributed by atoms with Gasteiger partial charge in [0.15, 0.2) is 5.11 Å². The number of nitrogens with one attached hydrogen (secondary N) is 2. The molecule has 0 aromatic heterocycles. The molecule has 0 saturated carbocycles. The summed E-state index contributed by atoms with van der Waals surface area (Å²) in [6.45, 7) is 1.29. The van der Waals surface area contributed by atoms with Crippen LogP contribution in [0.25, 0.3) is 0 Å². The lowest BCUT2D eigenvalue weighted by molar-refractivity contribution is 0.298. The minimum absolute atomic E-state index is 0.230. The zero-order chi connectivity index (χ0) is 16.7. The van der Waals surface area contributed by atoms with E-state index in [4.69, 9.17) is 12.2 Å². The first kappa shape index (κ1) is 17.4. The van der Waals surface area contributed by atoms with E-state index in [-0.39, 0.29) is 11.9 Å². The third-order valence-corrected chi connectivity index (χ3v) is 3.92. The Kier molecular flexibility index (Phi) is 6.50. The van der Waals surface area contributed by atoms with Crippen LogP contribution in [-0.2, 0) is 6.54 Å². The summed E-state index contributed by atoms with van der Waals surface area (Å²) in [4.78, 5) is 2.16. The Morgan fingerprint density at radius 3 is 2.30 bits per heavy atom. The van der Waals surface area contributed by atoms with Crippen molar-refractivity contribution < 1.29 is 4.39 Å². The Hall–Kier alpha value is -1.98. The van der Waals surface area contributed by atoms with E-state index in [1.165, 1.54) is 17.7 Å². The van der Waals surface area contributed by atoms with E-state index < -0.39 is 0 Å². The lowest BCUT2D eigenvalue weighted by atomic mass is 10.1. The Balaban J connectivity index is 1.83. The van der Waals surface area contributed by atoms with Crippen LogP contribution in [0.15, 0.2) is 54.6 Å². The molecule has 0 amide bonds. The van der Waals surface area contributed by atoms with Crippen LogP contribution in [-0.4, -0.2) is 30.7 Å². The molecule has 5 heteroatoms. The highest BCUT2D eigenvalue weighted by Crippen LogP contribution is 2.16. The molecule has 2 aromatic carbocycles. The summed E-state index contributed by atoms with van der Waals surface area (Å²) in [5, 5.41) is 6.99. The molecule has 0 radical (unpaired) electrons. The number of hydrogen-bond acceptors (Lipinski definition) is 2. The quantitative estimate of drug-likeness (QED) is 0.796. The number of benzene rings is 2. The minimum atomic E-state index is -0.230. The molecular formula is C18H22FN3S. The van der Waals surface area contributed by atoms with Crippen molar-refractivity contribution in [3.63, 3.8) is 0 Å². The van der Waals surface area contributed by atoms with Crippen LogP contribution in [0, 0.1) is 5.82 Å². The Morgan fingerprint density at radius 1 is 1.04 bits per heavy atom. The van der Waals surface area contributed by atoms with Crippen LogP contribution in [0.2, 0.25) is 0 Å². The number of halogens is 1. The van der Waals surface area contributed by atoms with Crippen molar-refractivity contribution in [2.75, 3.05) is 20.6 Å². The first-order valence-corrected chi connectivity index (χ1v) is 7.94. The number of likely N-dealkylation sites (N-methyl/N-ethyl adjacent to an activating group) is 1. The Labute approximate surface area is 142 Å². The molecule has 3 nitrogen and oxygen atoms in total. The number of thiocarbonyl (C=S) groups is 1. The lowest BCUT2D eigenvalue weighted by Crippen LogP contribution is -2.40. The Bertz CT molecular complexity index is 614. The standard InChI is InChI=1S/C18H22FN3S/c1-22(2)17(15-6-4-3-5-7-15)13-21-18(23)20-12-14-8-10-16(19)11-9-14/h3-11,17H,12-13H2,1-2H3,(H2,20,21,23). The van der Waals surface area contributed by atoms with Gasteiger partial charge in [0.25, 0.3) is 0 Å². The van der Waals surface area contributed by atoms with Gasteiger partial charge in [-0.3, -0.25) is 0 Å². The second kappa shape index (κ2) is 8.60. The van der Waals surface area contributed by atoms with Gasteiger partial charge >= 0.3 is 0 Å². The molecule has 23 heavy (non-hydrogen) atoms. The average molecular weight is 331 g/mol. The van der Waals surface area contributed by atoms with Gasteiger partial charge in [0.2, 0.25) is 0 Å². The first-order valence-electron chi connectivity index (χ1n) is 7.54. The molecule has 2 aromatic rings. The molecule has 1 unspecified atom stereocenters. The van der Waals surface area contributed by atoms with Crippen LogP contribution in [0.3, 0.4) is 0 Å². The van der Waals surface area contributed by atoms with Crippen molar-refractivity contribution in [2.45, 2.75) is 12.6 Å². The number of nitrogens with zero attached hydrogens (tertiary/aromatic N) is 1. The molecule has 2 N–H and O–H groups in total. The highest BCUT2D eigenvalue weighted by Gasteiger charge is 2.13. The van der Waals surface area contributed by atoms with Crippen molar-refractivity contribution in [1.29, 1.82) is 0 Å². The van der Waals surface area contributed by atoms with Crippen molar-refractivity contribution in [3.05, 3.63) is 71.5 Å². The smallest absolute Gasteiger partial charge is 0.166 e. The number of hydrogen-bond donors (Lipinski definition) is 2. The number of rotatable bonds is 6. The fraction of sp³-hybridized carbons (Fsp3) is 0.278. The monoisotopic (exact) mass is 331 g/mol. The molecule has 1 atom stereocenters. The third kappa shape index (κ3) is 5.62. The topological polar surface area (TPSA) is 27.3 Å². The van der Waals surface area contributed by atoms with Gasteiger partial charge in [-0.25, -0.2) is 4.39 Å². The van der Waals surface area contributed by atoms with E-state index in [9.17, 15) is 4.39 Å². The maximum absolute atomic E-state index is 12.9. The summed E-state index contributed by atoms with van der Waals surface area (Å²) in [5.41, 5.74) is 2.23. The molecule has 0 bridgehead atoms. The van der Waals surface area contributed by atoms with Gasteiger partial charge in [-0.15, -0.1) is 0 Å². The van der Waals surface area contributed by atoms with Crippen molar-refractivity contribution >= 4 is 17.3 Å². The lowest BCUT2D eigenvalue weighted by Gasteiger charge is -2.25. The van der Waals surface area contributed by atoms with Gasteiger partial charge in [-0.2, -0.15) is 0 Å². The zero-order valence-corrected chi connectivity index (χ0v) is 14.2. The van der Waals surface area contributed by atoms with Gasteiger partial charge < -0.3 is 15.5 Å². The average Bonchev–Trinajstić information content (AvgIpc) is 2.55. The van der Waals surface area contributed by atoms with Crippen LogP contribution < -0.4 is 10.6 Å². The summed E-state index contributed by atoms with van der Waals surface area (Å²) in [6, 6.07) is 16.9. The molecule has 0 aliphatic rings. The molecular weight excluding hydrogens is 309 g/mol. The van der Waals surface area contributed by atoms with E-state index in [1.807, 2.05) is 32.3 Å². The van der Waals surface area contributed by atoms with Gasteiger partial charge in [-0.05, 0) is 49.6 Å². The maximum atomic E-state index is 12.9. The molecule has 0 spiro atoms. The van der Waals surface area contributed by atoms with E-state index >= 15 is 0 Å². The highest BCUT2D eigenvalue weighted by molar-refractivity contribution is 7.80. The SMILES string of the molecule is CN(C)C(CNC(=S)NCc1ccc(F)cc1)c1ccccc1. The Morgan fingerprint density at radius 2 is 1.70 bits per heavy atom. The second-order valence-corrected chi connectivity index (χ2v) is 5.99. The summed E-state index contributed by atoms with van der Waals surface area (Å²) in [5.74, 6) is -0.230. The van der Waals surface area contributed by atoms with E-state index in [0.29, 0.717) is 18.2 Å². The molecule has 0 aliphatic heterocycles. The molecule has 0 aliphatic carbocycles. The second-order valence-electron chi connectivity index (χ2n) is 5.58. The highest BCUT2D eigenvalue weighted by atomic mass is 32.1. The van der Waals surface area contributed by atoms with Gasteiger partial charge in [-0.1, -0.05) is 42.5 Å². The van der Waals surface area contributed by atoms with Gasteiger partial charge in [0, 0.05) is 13.1 Å². The van der Waals surface area contributed by atoms with Crippen LogP contribution >= 0.6 is 12.2 Å². The van der Waals surface area contributed by atoms with E-state index in [0.717, 1.165) is 5.56 Å². The van der Waals surface area contributed by atoms with E-state index in [2.05, 4.69) is 27.7 Å². The summed E-state index contributed by atoms with van der Waals surface area (Å²) in [6.07, 6.45) is 0. The predicted molar refractivity (Wildman–Crippen MR) is 96.7 cm³/mol. The van der Waals surface area contributed by atoms with Crippen molar-refractivity contribution in [2.24, 2.45) is 0 Å². The third-order valence-electron chi connectivity index (χ3n) is 3.63. The van der Waals surface area contributed by atoms with Crippen LogP contribution in [0.4, 0.5) is 4.39 Å². The molecule has 2 rings (SSSR count). The van der Waals surface area contributed by atoms with E-state index in [1.54, 1.807) is 12.1 Å². The summed E-state index contributed by atoms with van der Waals surface area (Å²) < 4.78 is 12.9. The van der Waals surface area contributed by atoms with Crippen LogP contribution in [0.1, 0.15) is 17.2 Å². The van der Waals surface area contributed by atoms with Crippen molar-refractivity contribution in [3.8, 4) is 0 Å². The normalized spacial score (nSPS) is 12.0. The van der Waals surface area contributed by atoms with Gasteiger partial charge in [0.1, 0.15) is 5.82 Å². The fourth-order valence-electron chi connectivity index (χ4n) is 2.31.